The molecular formula is C25H39FO4. The van der Waals surface area contributed by atoms with Gasteiger partial charge in [-0.3, -0.25) is 9.59 Å². The largest absolute Gasteiger partial charge is 0.466 e. The lowest BCUT2D eigenvalue weighted by Gasteiger charge is -2.06. The molecule has 0 spiro atoms. The Balaban J connectivity index is 1.88. The number of carbonyl (C=O) groups excluding carboxylic acids is 2. The van der Waals surface area contributed by atoms with Crippen molar-refractivity contribution in [3.05, 3.63) is 35.6 Å². The van der Waals surface area contributed by atoms with Gasteiger partial charge in [-0.25, -0.2) is 4.39 Å². The van der Waals surface area contributed by atoms with Crippen molar-refractivity contribution in [3.8, 4) is 0 Å². The van der Waals surface area contributed by atoms with Crippen molar-refractivity contribution in [2.24, 2.45) is 0 Å². The van der Waals surface area contributed by atoms with Crippen LogP contribution in [0.5, 0.6) is 0 Å². The average molecular weight is 423 g/mol. The number of hydrogen-bond donors (Lipinski definition) is 0. The van der Waals surface area contributed by atoms with Gasteiger partial charge in [-0.15, -0.1) is 0 Å². The molecule has 4 nitrogen and oxygen atoms in total. The fourth-order valence-electron chi connectivity index (χ4n) is 3.23. The van der Waals surface area contributed by atoms with Gasteiger partial charge in [-0.2, -0.15) is 0 Å². The molecule has 0 saturated carbocycles. The molecule has 0 amide bonds. The zero-order valence-corrected chi connectivity index (χ0v) is 18.6. The normalized spacial score (nSPS) is 10.7. The minimum absolute atomic E-state index is 0.0283. The Labute approximate surface area is 181 Å². The SMILES string of the molecule is CCCCCCCCCCCCCOC(=O)CCC(=O)OCCc1ccc(F)cc1. The van der Waals surface area contributed by atoms with Gasteiger partial charge >= 0.3 is 11.9 Å². The molecular weight excluding hydrogens is 383 g/mol. The van der Waals surface area contributed by atoms with Crippen molar-refractivity contribution in [2.75, 3.05) is 13.2 Å². The predicted molar refractivity (Wildman–Crippen MR) is 118 cm³/mol. The lowest BCUT2D eigenvalue weighted by Crippen LogP contribution is -2.12. The quantitative estimate of drug-likeness (QED) is 0.199. The van der Waals surface area contributed by atoms with Gasteiger partial charge in [-0.1, -0.05) is 83.3 Å². The third-order valence-corrected chi connectivity index (χ3v) is 5.11. The van der Waals surface area contributed by atoms with E-state index in [2.05, 4.69) is 6.92 Å². The van der Waals surface area contributed by atoms with E-state index < -0.39 is 5.97 Å². The van der Waals surface area contributed by atoms with Crippen LogP contribution in [-0.2, 0) is 25.5 Å². The monoisotopic (exact) mass is 422 g/mol. The van der Waals surface area contributed by atoms with Crippen molar-refractivity contribution in [1.82, 2.24) is 0 Å². The Morgan fingerprint density at radius 3 is 1.70 bits per heavy atom. The van der Waals surface area contributed by atoms with Gasteiger partial charge < -0.3 is 9.47 Å². The average Bonchev–Trinajstić information content (AvgIpc) is 2.74. The second-order valence-electron chi connectivity index (χ2n) is 7.85. The third kappa shape index (κ3) is 15.0. The van der Waals surface area contributed by atoms with Crippen LogP contribution in [0.3, 0.4) is 0 Å². The van der Waals surface area contributed by atoms with Crippen molar-refractivity contribution in [3.63, 3.8) is 0 Å². The number of rotatable bonds is 18. The maximum absolute atomic E-state index is 12.8. The van der Waals surface area contributed by atoms with Crippen LogP contribution in [0.25, 0.3) is 0 Å². The molecule has 0 fully saturated rings. The molecule has 0 saturated heterocycles. The van der Waals surface area contributed by atoms with E-state index in [9.17, 15) is 14.0 Å². The Morgan fingerprint density at radius 2 is 1.17 bits per heavy atom. The summed E-state index contributed by atoms with van der Waals surface area (Å²) in [5.41, 5.74) is 0.899. The number of carbonyl (C=O) groups is 2. The lowest BCUT2D eigenvalue weighted by molar-refractivity contribution is -0.150. The van der Waals surface area contributed by atoms with E-state index in [0.29, 0.717) is 13.0 Å². The van der Waals surface area contributed by atoms with E-state index in [1.165, 1.54) is 69.9 Å². The Morgan fingerprint density at radius 1 is 0.700 bits per heavy atom. The van der Waals surface area contributed by atoms with Crippen molar-refractivity contribution >= 4 is 11.9 Å². The number of halogens is 1. The van der Waals surface area contributed by atoms with Gasteiger partial charge in [0, 0.05) is 6.42 Å². The van der Waals surface area contributed by atoms with Gasteiger partial charge in [0.1, 0.15) is 5.82 Å². The molecule has 1 aromatic carbocycles. The van der Waals surface area contributed by atoms with E-state index in [0.717, 1.165) is 18.4 Å². The summed E-state index contributed by atoms with van der Waals surface area (Å²) in [5.74, 6) is -1.05. The first kappa shape index (κ1) is 26.1. The zero-order chi connectivity index (χ0) is 21.9. The van der Waals surface area contributed by atoms with E-state index in [1.54, 1.807) is 12.1 Å². The number of unbranched alkanes of at least 4 members (excludes halogenated alkanes) is 10. The summed E-state index contributed by atoms with van der Waals surface area (Å²) in [6.45, 7) is 2.89. The summed E-state index contributed by atoms with van der Waals surface area (Å²) in [6, 6.07) is 6.08. The summed E-state index contributed by atoms with van der Waals surface area (Å²) in [7, 11) is 0. The molecule has 0 bridgehead atoms. The molecule has 30 heavy (non-hydrogen) atoms. The summed E-state index contributed by atoms with van der Waals surface area (Å²) in [5, 5.41) is 0. The molecule has 0 aliphatic carbocycles. The highest BCUT2D eigenvalue weighted by Crippen LogP contribution is 2.11. The van der Waals surface area contributed by atoms with Crippen LogP contribution in [0.1, 0.15) is 96.0 Å². The second kappa shape index (κ2) is 17.9. The molecule has 0 unspecified atom stereocenters. The van der Waals surface area contributed by atoms with E-state index >= 15 is 0 Å². The van der Waals surface area contributed by atoms with Gasteiger partial charge in [-0.05, 0) is 24.1 Å². The Bertz CT molecular complexity index is 571. The number of hydrogen-bond acceptors (Lipinski definition) is 4. The molecule has 0 aliphatic rings. The molecule has 0 aromatic heterocycles. The van der Waals surface area contributed by atoms with Crippen LogP contribution in [0.4, 0.5) is 4.39 Å². The van der Waals surface area contributed by atoms with E-state index in [1.807, 2.05) is 0 Å². The standard InChI is InChI=1S/C25H39FO4/c1-2-3-4-5-6-7-8-9-10-11-12-20-29-24(27)17-18-25(28)30-21-19-22-13-15-23(26)16-14-22/h13-16H,2-12,17-21H2,1H3. The fourth-order valence-corrected chi connectivity index (χ4v) is 3.23. The van der Waals surface area contributed by atoms with E-state index in [4.69, 9.17) is 9.47 Å². The molecule has 0 N–H and O–H groups in total. The summed E-state index contributed by atoms with van der Waals surface area (Å²) >= 11 is 0. The van der Waals surface area contributed by atoms with Crippen LogP contribution in [0, 0.1) is 5.82 Å². The fraction of sp³-hybridized carbons (Fsp3) is 0.680. The van der Waals surface area contributed by atoms with Crippen LogP contribution in [0.2, 0.25) is 0 Å². The maximum atomic E-state index is 12.8. The molecule has 170 valence electrons. The minimum atomic E-state index is -0.413. The first-order valence-corrected chi connectivity index (χ1v) is 11.7. The highest BCUT2D eigenvalue weighted by atomic mass is 19.1. The molecule has 1 rings (SSSR count). The predicted octanol–water partition coefficient (Wildman–Crippen LogP) is 6.55. The van der Waals surface area contributed by atoms with Crippen LogP contribution in [-0.4, -0.2) is 25.2 Å². The Kier molecular flexibility index (Phi) is 15.6. The third-order valence-electron chi connectivity index (χ3n) is 5.11. The van der Waals surface area contributed by atoms with Gasteiger partial charge in [0.25, 0.3) is 0 Å². The maximum Gasteiger partial charge on any atom is 0.306 e. The summed E-state index contributed by atoms with van der Waals surface area (Å²) < 4.78 is 23.1. The molecule has 0 heterocycles. The first-order chi connectivity index (χ1) is 14.6. The van der Waals surface area contributed by atoms with E-state index in [-0.39, 0.29) is 31.2 Å². The highest BCUT2D eigenvalue weighted by Gasteiger charge is 2.09. The van der Waals surface area contributed by atoms with Crippen LogP contribution in [0.15, 0.2) is 24.3 Å². The minimum Gasteiger partial charge on any atom is -0.466 e. The Hall–Kier alpha value is -1.91. The van der Waals surface area contributed by atoms with Gasteiger partial charge in [0.2, 0.25) is 0 Å². The lowest BCUT2D eigenvalue weighted by atomic mass is 10.1. The summed E-state index contributed by atoms with van der Waals surface area (Å²) in [6.07, 6.45) is 14.4. The zero-order valence-electron chi connectivity index (χ0n) is 18.6. The molecule has 0 aliphatic heterocycles. The second-order valence-corrected chi connectivity index (χ2v) is 7.85. The molecule has 5 heteroatoms. The highest BCUT2D eigenvalue weighted by molar-refractivity contribution is 5.77. The molecule has 1 aromatic rings. The number of benzene rings is 1. The first-order valence-electron chi connectivity index (χ1n) is 11.7. The summed E-state index contributed by atoms with van der Waals surface area (Å²) in [4.78, 5) is 23.4. The topological polar surface area (TPSA) is 52.6 Å². The van der Waals surface area contributed by atoms with Crippen molar-refractivity contribution in [1.29, 1.82) is 0 Å². The smallest absolute Gasteiger partial charge is 0.306 e. The van der Waals surface area contributed by atoms with Crippen molar-refractivity contribution in [2.45, 2.75) is 96.8 Å². The van der Waals surface area contributed by atoms with Crippen LogP contribution >= 0.6 is 0 Å². The molecule has 0 radical (unpaired) electrons. The number of ether oxygens (including phenoxy) is 2. The molecule has 0 atom stereocenters. The van der Waals surface area contributed by atoms with Crippen molar-refractivity contribution < 1.29 is 23.5 Å². The van der Waals surface area contributed by atoms with Gasteiger partial charge in [0.05, 0.1) is 26.1 Å². The van der Waals surface area contributed by atoms with Gasteiger partial charge in [0.15, 0.2) is 0 Å². The number of esters is 2. The van der Waals surface area contributed by atoms with Crippen LogP contribution < -0.4 is 0 Å².